The lowest BCUT2D eigenvalue weighted by atomic mass is 9.87. The van der Waals surface area contributed by atoms with Gasteiger partial charge in [-0.05, 0) is 98.4 Å². The van der Waals surface area contributed by atoms with Gasteiger partial charge in [0, 0.05) is 36.3 Å². The summed E-state index contributed by atoms with van der Waals surface area (Å²) < 4.78 is 36.7. The van der Waals surface area contributed by atoms with E-state index >= 15 is 0 Å². The Morgan fingerprint density at radius 1 is 0.714 bits per heavy atom. The minimum atomic E-state index is -0.371. The molecule has 11 nitrogen and oxygen atoms in total. The fourth-order valence-corrected chi connectivity index (χ4v) is 7.50. The number of benzene rings is 4. The van der Waals surface area contributed by atoms with E-state index in [1.165, 1.54) is 24.3 Å². The Morgan fingerprint density at radius 3 is 2.02 bits per heavy atom. The molecule has 6 bridgehead atoms. The van der Waals surface area contributed by atoms with Gasteiger partial charge in [-0.15, -0.1) is 0 Å². The summed E-state index contributed by atoms with van der Waals surface area (Å²) in [6.45, 7) is 1.64. The Kier molecular flexibility index (Phi) is 8.72. The Balaban J connectivity index is 1.50. The molecule has 0 saturated carbocycles. The first-order valence-electron chi connectivity index (χ1n) is 16.4. The Morgan fingerprint density at radius 2 is 1.35 bits per heavy atom. The summed E-state index contributed by atoms with van der Waals surface area (Å²) in [7, 11) is 10.5. The third-order valence-corrected chi connectivity index (χ3v) is 10.2. The molecule has 0 saturated heterocycles. The predicted molar refractivity (Wildman–Crippen MR) is 184 cm³/mol. The van der Waals surface area contributed by atoms with Crippen molar-refractivity contribution in [3.8, 4) is 46.0 Å². The summed E-state index contributed by atoms with van der Waals surface area (Å²) in [5.41, 5.74) is 5.88. The number of nitro groups is 1. The van der Waals surface area contributed by atoms with Crippen LogP contribution in [0.5, 0.6) is 46.0 Å². The molecule has 0 amide bonds. The van der Waals surface area contributed by atoms with Crippen LogP contribution in [0.25, 0.3) is 0 Å². The molecule has 256 valence electrons. The van der Waals surface area contributed by atoms with E-state index in [1.807, 2.05) is 25.2 Å². The molecule has 2 atom stereocenters. The van der Waals surface area contributed by atoms with Crippen LogP contribution in [-0.4, -0.2) is 70.3 Å². The number of rotatable bonds is 5. The topological polar surface area (TPSA) is 105 Å². The van der Waals surface area contributed by atoms with Gasteiger partial charge in [0.1, 0.15) is 5.75 Å². The van der Waals surface area contributed by atoms with Crippen LogP contribution >= 0.6 is 0 Å². The molecule has 4 aliphatic rings. The SMILES string of the molecule is COc1cc([N+](=O)[O-])c2cc1Oc1ccc(cc1)C[C@H]1c3cc(c(OC)cc3CCN1C)Oc1c(OC)c(OC)cc3c1[C@H](C2)N(C)CC3. The average Bonchev–Trinajstić information content (AvgIpc) is 3.10. The zero-order valence-electron chi connectivity index (χ0n) is 28.7. The van der Waals surface area contributed by atoms with Gasteiger partial charge in [0.2, 0.25) is 5.75 Å². The highest BCUT2D eigenvalue weighted by Crippen LogP contribution is 2.52. The third-order valence-electron chi connectivity index (χ3n) is 10.2. The Labute approximate surface area is 286 Å². The van der Waals surface area contributed by atoms with Crippen LogP contribution in [0.2, 0.25) is 0 Å². The van der Waals surface area contributed by atoms with Gasteiger partial charge in [0.15, 0.2) is 34.5 Å². The van der Waals surface area contributed by atoms with E-state index in [0.29, 0.717) is 52.2 Å². The van der Waals surface area contributed by atoms with E-state index in [9.17, 15) is 10.1 Å². The zero-order valence-corrected chi connectivity index (χ0v) is 28.7. The van der Waals surface area contributed by atoms with Crippen molar-refractivity contribution in [1.29, 1.82) is 0 Å². The smallest absolute Gasteiger partial charge is 0.276 e. The molecule has 0 spiro atoms. The van der Waals surface area contributed by atoms with Gasteiger partial charge in [0.25, 0.3) is 5.69 Å². The Bertz CT molecular complexity index is 1910. The predicted octanol–water partition coefficient (Wildman–Crippen LogP) is 7.07. The maximum atomic E-state index is 12.5. The van der Waals surface area contributed by atoms with E-state index in [1.54, 1.807) is 27.4 Å². The van der Waals surface area contributed by atoms with Gasteiger partial charge < -0.3 is 28.4 Å². The lowest BCUT2D eigenvalue weighted by Crippen LogP contribution is -2.34. The molecule has 8 rings (SSSR count). The summed E-state index contributed by atoms with van der Waals surface area (Å²) in [6, 6.07) is 17.1. The number of methoxy groups -OCH3 is 4. The van der Waals surface area contributed by atoms with Crippen molar-refractivity contribution in [2.75, 3.05) is 55.6 Å². The normalized spacial score (nSPS) is 18.7. The summed E-state index contributed by atoms with van der Waals surface area (Å²) in [5.74, 6) is 3.95. The van der Waals surface area contributed by atoms with Crippen molar-refractivity contribution in [2.45, 2.75) is 37.8 Å². The summed E-state index contributed by atoms with van der Waals surface area (Å²) in [6.07, 6.45) is 2.67. The zero-order chi connectivity index (χ0) is 34.4. The van der Waals surface area contributed by atoms with E-state index in [2.05, 4.69) is 41.1 Å². The standard InChI is InChI=1S/C38H41N3O8/c1-39-13-11-23-17-31(44-3)34-20-27(23)29(39)15-22-7-9-26(10-8-22)48-33-19-25(28(41(42)43)21-32(33)45-4)16-30-36-24(12-14-40(30)2)18-35(46-5)37(47-6)38(36)49-34/h7-10,17-21,29-30H,11-16H2,1-6H3/t29-,30-/m0/s1. The molecule has 0 aliphatic carbocycles. The van der Waals surface area contributed by atoms with Crippen LogP contribution in [0, 0.1) is 10.1 Å². The molecular weight excluding hydrogens is 626 g/mol. The van der Waals surface area contributed by atoms with E-state index in [-0.39, 0.29) is 28.4 Å². The fourth-order valence-electron chi connectivity index (χ4n) is 7.50. The highest BCUT2D eigenvalue weighted by Gasteiger charge is 2.36. The summed E-state index contributed by atoms with van der Waals surface area (Å²) in [5, 5.41) is 12.5. The van der Waals surface area contributed by atoms with Crippen molar-refractivity contribution in [1.82, 2.24) is 9.80 Å². The maximum Gasteiger partial charge on any atom is 0.276 e. The van der Waals surface area contributed by atoms with Crippen LogP contribution in [-0.2, 0) is 25.7 Å². The van der Waals surface area contributed by atoms with Crippen molar-refractivity contribution in [2.24, 2.45) is 0 Å². The van der Waals surface area contributed by atoms with Crippen LogP contribution < -0.4 is 28.4 Å². The molecule has 49 heavy (non-hydrogen) atoms. The average molecular weight is 668 g/mol. The fraction of sp³-hybridized carbons (Fsp3) is 0.368. The number of likely N-dealkylation sites (N-methyl/N-ethyl adjacent to an activating group) is 2. The number of hydrogen-bond acceptors (Lipinski definition) is 10. The molecule has 4 aliphatic heterocycles. The molecule has 0 fully saturated rings. The first kappa shape index (κ1) is 32.5. The quantitative estimate of drug-likeness (QED) is 0.162. The molecule has 4 heterocycles. The highest BCUT2D eigenvalue weighted by atomic mass is 16.6. The minimum Gasteiger partial charge on any atom is -0.493 e. The van der Waals surface area contributed by atoms with Gasteiger partial charge in [-0.1, -0.05) is 12.1 Å². The first-order chi connectivity index (χ1) is 23.7. The lowest BCUT2D eigenvalue weighted by Gasteiger charge is -2.37. The largest absolute Gasteiger partial charge is 0.493 e. The molecule has 0 radical (unpaired) electrons. The number of ether oxygens (including phenoxy) is 6. The monoisotopic (exact) mass is 667 g/mol. The second-order valence-corrected chi connectivity index (χ2v) is 12.9. The van der Waals surface area contributed by atoms with Crippen molar-refractivity contribution >= 4 is 5.69 Å². The number of nitrogens with zero attached hydrogens (tertiary/aromatic N) is 3. The molecular formula is C38H41N3O8. The third kappa shape index (κ3) is 5.87. The Hall–Kier alpha value is -5.00. The highest BCUT2D eigenvalue weighted by molar-refractivity contribution is 5.64. The number of hydrogen-bond donors (Lipinski definition) is 0. The molecule has 0 aromatic heterocycles. The van der Waals surface area contributed by atoms with Crippen LogP contribution in [0.15, 0.2) is 54.6 Å². The van der Waals surface area contributed by atoms with Gasteiger partial charge in [-0.2, -0.15) is 0 Å². The molecule has 0 N–H and O–H groups in total. The van der Waals surface area contributed by atoms with Crippen LogP contribution in [0.3, 0.4) is 0 Å². The van der Waals surface area contributed by atoms with Gasteiger partial charge in [0.05, 0.1) is 39.4 Å². The minimum absolute atomic E-state index is 0.0519. The lowest BCUT2D eigenvalue weighted by molar-refractivity contribution is -0.385. The second-order valence-electron chi connectivity index (χ2n) is 12.9. The van der Waals surface area contributed by atoms with Crippen molar-refractivity contribution in [3.63, 3.8) is 0 Å². The number of nitro benzene ring substituents is 1. The van der Waals surface area contributed by atoms with Gasteiger partial charge in [-0.25, -0.2) is 0 Å². The van der Waals surface area contributed by atoms with Crippen molar-refractivity contribution in [3.05, 3.63) is 98.1 Å². The van der Waals surface area contributed by atoms with Gasteiger partial charge in [-0.3, -0.25) is 19.9 Å². The number of fused-ring (bicyclic) bond motifs is 2. The van der Waals surface area contributed by atoms with Crippen molar-refractivity contribution < 1.29 is 33.3 Å². The van der Waals surface area contributed by atoms with E-state index in [4.69, 9.17) is 28.4 Å². The summed E-state index contributed by atoms with van der Waals surface area (Å²) >= 11 is 0. The van der Waals surface area contributed by atoms with E-state index in [0.717, 1.165) is 49.0 Å². The molecule has 0 unspecified atom stereocenters. The summed E-state index contributed by atoms with van der Waals surface area (Å²) in [4.78, 5) is 16.7. The van der Waals surface area contributed by atoms with E-state index < -0.39 is 0 Å². The maximum absolute atomic E-state index is 12.5. The van der Waals surface area contributed by atoms with Crippen LogP contribution in [0.4, 0.5) is 5.69 Å². The molecule has 4 aromatic rings. The second kappa shape index (κ2) is 13.1. The first-order valence-corrected chi connectivity index (χ1v) is 16.4. The molecule has 11 heteroatoms. The molecule has 4 aromatic carbocycles. The van der Waals surface area contributed by atoms with Gasteiger partial charge >= 0.3 is 0 Å². The van der Waals surface area contributed by atoms with Crippen LogP contribution in [0.1, 0.15) is 45.5 Å².